The van der Waals surface area contributed by atoms with Crippen molar-refractivity contribution in [2.24, 2.45) is 4.99 Å². The Bertz CT molecular complexity index is 1420. The molecule has 162 valence electrons. The lowest BCUT2D eigenvalue weighted by molar-refractivity contribution is -0.384. The van der Waals surface area contributed by atoms with Crippen LogP contribution >= 0.6 is 11.3 Å². The molecule has 0 bridgehead atoms. The highest BCUT2D eigenvalue weighted by molar-refractivity contribution is 7.07. The Hall–Kier alpha value is -3.92. The van der Waals surface area contributed by atoms with Gasteiger partial charge in [-0.1, -0.05) is 29.5 Å². The Balaban J connectivity index is 1.98. The zero-order valence-electron chi connectivity index (χ0n) is 17.2. The molecule has 0 aliphatic carbocycles. The number of ether oxygens (including phenoxy) is 1. The van der Waals surface area contributed by atoms with Crippen molar-refractivity contribution in [3.05, 3.63) is 101 Å². The highest BCUT2D eigenvalue weighted by Crippen LogP contribution is 2.32. The molecule has 1 aliphatic heterocycles. The van der Waals surface area contributed by atoms with Crippen LogP contribution in [0.25, 0.3) is 6.08 Å². The van der Waals surface area contributed by atoms with Crippen molar-refractivity contribution in [3.8, 4) is 0 Å². The van der Waals surface area contributed by atoms with Gasteiger partial charge in [-0.05, 0) is 37.1 Å². The molecule has 0 fully saturated rings. The minimum atomic E-state index is -0.902. The second-order valence-corrected chi connectivity index (χ2v) is 7.95. The van der Waals surface area contributed by atoms with Crippen molar-refractivity contribution in [3.63, 3.8) is 0 Å². The highest BCUT2D eigenvalue weighted by atomic mass is 32.1. The van der Waals surface area contributed by atoms with E-state index in [4.69, 9.17) is 4.74 Å². The Morgan fingerprint density at radius 3 is 2.84 bits per heavy atom. The van der Waals surface area contributed by atoms with Crippen molar-refractivity contribution >= 4 is 29.1 Å². The summed E-state index contributed by atoms with van der Waals surface area (Å²) >= 11 is 1.18. The molecule has 0 spiro atoms. The van der Waals surface area contributed by atoms with Crippen LogP contribution in [0.4, 0.5) is 5.69 Å². The number of nitro benzene ring substituents is 1. The molecule has 1 aromatic carbocycles. The van der Waals surface area contributed by atoms with Gasteiger partial charge in [-0.25, -0.2) is 9.79 Å². The Kier molecular flexibility index (Phi) is 5.78. The van der Waals surface area contributed by atoms with E-state index in [9.17, 15) is 19.7 Å². The predicted octanol–water partition coefficient (Wildman–Crippen LogP) is 2.10. The number of thiazole rings is 1. The van der Waals surface area contributed by atoms with E-state index < -0.39 is 16.9 Å². The fraction of sp³-hybridized carbons (Fsp3) is 0.182. The molecule has 1 atom stereocenters. The smallest absolute Gasteiger partial charge is 0.338 e. The first-order chi connectivity index (χ1) is 15.4. The topological polar surface area (TPSA) is 117 Å². The summed E-state index contributed by atoms with van der Waals surface area (Å²) in [6.07, 6.45) is 4.96. The molecule has 0 saturated carbocycles. The van der Waals surface area contributed by atoms with Gasteiger partial charge in [0.1, 0.15) is 0 Å². The van der Waals surface area contributed by atoms with Gasteiger partial charge in [0.15, 0.2) is 4.80 Å². The molecule has 2 aromatic heterocycles. The monoisotopic (exact) mass is 450 g/mol. The number of carbonyl (C=O) groups excluding carboxylic acids is 1. The number of fused-ring (bicyclic) bond motifs is 1. The fourth-order valence-corrected chi connectivity index (χ4v) is 4.57. The van der Waals surface area contributed by atoms with E-state index in [2.05, 4.69) is 9.98 Å². The summed E-state index contributed by atoms with van der Waals surface area (Å²) in [5, 5.41) is 11.3. The number of nitrogens with zero attached hydrogens (tertiary/aromatic N) is 4. The number of hydrogen-bond acceptors (Lipinski definition) is 8. The van der Waals surface area contributed by atoms with Gasteiger partial charge in [-0.2, -0.15) is 0 Å². The number of rotatable bonds is 5. The van der Waals surface area contributed by atoms with Crippen molar-refractivity contribution < 1.29 is 14.5 Å². The van der Waals surface area contributed by atoms with Crippen LogP contribution in [0, 0.1) is 10.1 Å². The number of aromatic nitrogens is 2. The Morgan fingerprint density at radius 1 is 1.34 bits per heavy atom. The zero-order valence-corrected chi connectivity index (χ0v) is 18.0. The summed E-state index contributed by atoms with van der Waals surface area (Å²) in [4.78, 5) is 46.0. The van der Waals surface area contributed by atoms with E-state index in [1.54, 1.807) is 44.4 Å². The van der Waals surface area contributed by atoms with Crippen LogP contribution in [-0.2, 0) is 9.53 Å². The molecule has 1 unspecified atom stereocenters. The van der Waals surface area contributed by atoms with Crippen LogP contribution in [0.5, 0.6) is 0 Å². The Morgan fingerprint density at radius 2 is 2.16 bits per heavy atom. The number of allylic oxidation sites excluding steroid dienone is 1. The molecule has 0 saturated heterocycles. The zero-order chi connectivity index (χ0) is 22.8. The van der Waals surface area contributed by atoms with E-state index in [0.29, 0.717) is 20.6 Å². The van der Waals surface area contributed by atoms with Gasteiger partial charge in [0, 0.05) is 24.5 Å². The minimum Gasteiger partial charge on any atom is -0.463 e. The van der Waals surface area contributed by atoms with Gasteiger partial charge < -0.3 is 4.74 Å². The third kappa shape index (κ3) is 3.87. The lowest BCUT2D eigenvalue weighted by atomic mass is 9.95. The largest absolute Gasteiger partial charge is 0.463 e. The molecule has 0 amide bonds. The summed E-state index contributed by atoms with van der Waals surface area (Å²) in [5.74, 6) is -0.619. The van der Waals surface area contributed by atoms with Crippen LogP contribution in [0.15, 0.2) is 69.8 Å². The molecule has 32 heavy (non-hydrogen) atoms. The average molecular weight is 450 g/mol. The molecule has 3 heterocycles. The number of nitro groups is 1. The first kappa shape index (κ1) is 21.3. The lowest BCUT2D eigenvalue weighted by Crippen LogP contribution is -2.40. The maximum atomic E-state index is 13.4. The van der Waals surface area contributed by atoms with E-state index in [-0.39, 0.29) is 23.4 Å². The SMILES string of the molecule is CCOC(=O)C1=C(C)N=c2s/c(=C\c3cccnc3)c(=O)n2C1c1cccc([N+](=O)[O-])c1. The molecule has 0 radical (unpaired) electrons. The van der Waals surface area contributed by atoms with Crippen molar-refractivity contribution in [2.75, 3.05) is 6.61 Å². The molecule has 0 N–H and O–H groups in total. The van der Waals surface area contributed by atoms with Crippen LogP contribution in [0.1, 0.15) is 31.0 Å². The first-order valence-corrected chi connectivity index (χ1v) is 10.6. The maximum Gasteiger partial charge on any atom is 0.338 e. The van der Waals surface area contributed by atoms with Gasteiger partial charge in [-0.3, -0.25) is 24.5 Å². The number of carbonyl (C=O) groups is 1. The third-order valence-corrected chi connectivity index (χ3v) is 5.88. The van der Waals surface area contributed by atoms with Gasteiger partial charge in [0.25, 0.3) is 11.2 Å². The standard InChI is InChI=1S/C22H18N4O5S/c1-3-31-21(28)18-13(2)24-22-25(19(18)15-7-4-8-16(11-15)26(29)30)20(27)17(32-22)10-14-6-5-9-23-12-14/h4-12,19H,3H2,1-2H3/b17-10-. The van der Waals surface area contributed by atoms with Crippen LogP contribution < -0.4 is 14.9 Å². The molecule has 9 nitrogen and oxygen atoms in total. The second kappa shape index (κ2) is 8.67. The molecule has 3 aromatic rings. The summed E-state index contributed by atoms with van der Waals surface area (Å²) in [7, 11) is 0. The molecular weight excluding hydrogens is 432 g/mol. The first-order valence-electron chi connectivity index (χ1n) is 9.74. The number of hydrogen-bond donors (Lipinski definition) is 0. The second-order valence-electron chi connectivity index (χ2n) is 6.94. The average Bonchev–Trinajstić information content (AvgIpc) is 3.08. The highest BCUT2D eigenvalue weighted by Gasteiger charge is 2.34. The quantitative estimate of drug-likeness (QED) is 0.334. The van der Waals surface area contributed by atoms with E-state index in [1.807, 2.05) is 6.07 Å². The normalized spacial score (nSPS) is 15.8. The van der Waals surface area contributed by atoms with E-state index in [0.717, 1.165) is 5.56 Å². The maximum absolute atomic E-state index is 13.4. The van der Waals surface area contributed by atoms with Crippen LogP contribution in [-0.4, -0.2) is 27.1 Å². The minimum absolute atomic E-state index is 0.141. The van der Waals surface area contributed by atoms with Crippen molar-refractivity contribution in [2.45, 2.75) is 19.9 Å². The van der Waals surface area contributed by atoms with E-state index >= 15 is 0 Å². The van der Waals surface area contributed by atoms with Gasteiger partial charge in [0.05, 0.1) is 33.4 Å². The summed E-state index contributed by atoms with van der Waals surface area (Å²) in [5.41, 5.74) is 1.24. The fourth-order valence-electron chi connectivity index (χ4n) is 3.53. The predicted molar refractivity (Wildman–Crippen MR) is 118 cm³/mol. The summed E-state index contributed by atoms with van der Waals surface area (Å²) < 4.78 is 7.02. The number of non-ortho nitro benzene ring substituents is 1. The third-order valence-electron chi connectivity index (χ3n) is 4.90. The summed E-state index contributed by atoms with van der Waals surface area (Å²) in [6, 6.07) is 8.57. The number of benzene rings is 1. The Labute approximate surface area is 185 Å². The van der Waals surface area contributed by atoms with E-state index in [1.165, 1.54) is 34.1 Å². The van der Waals surface area contributed by atoms with Gasteiger partial charge >= 0.3 is 5.97 Å². The molecule has 4 rings (SSSR count). The molecular formula is C22H18N4O5S. The number of pyridine rings is 1. The molecule has 10 heteroatoms. The molecule has 1 aliphatic rings. The van der Waals surface area contributed by atoms with Gasteiger partial charge in [0.2, 0.25) is 0 Å². The van der Waals surface area contributed by atoms with Crippen LogP contribution in [0.3, 0.4) is 0 Å². The van der Waals surface area contributed by atoms with Crippen molar-refractivity contribution in [1.82, 2.24) is 9.55 Å². The van der Waals surface area contributed by atoms with Crippen LogP contribution in [0.2, 0.25) is 0 Å². The summed E-state index contributed by atoms with van der Waals surface area (Å²) in [6.45, 7) is 3.48. The lowest BCUT2D eigenvalue weighted by Gasteiger charge is -2.24. The van der Waals surface area contributed by atoms with Crippen molar-refractivity contribution in [1.29, 1.82) is 0 Å². The number of esters is 1. The van der Waals surface area contributed by atoms with Gasteiger partial charge in [-0.15, -0.1) is 0 Å².